The van der Waals surface area contributed by atoms with Gasteiger partial charge in [-0.1, -0.05) is 49.1 Å². The standard InChI is InChI=1S/C15H15NO/c1-2-12-8-9-14(16)15(10-12)17-11-13-6-4-3-5-7-13/h2-10H,1,11,16H2. The van der Waals surface area contributed by atoms with Gasteiger partial charge in [-0.25, -0.2) is 0 Å². The number of hydrogen-bond donors (Lipinski definition) is 1. The van der Waals surface area contributed by atoms with Crippen molar-refractivity contribution in [3.8, 4) is 5.75 Å². The van der Waals surface area contributed by atoms with Crippen molar-refractivity contribution in [1.29, 1.82) is 0 Å². The van der Waals surface area contributed by atoms with Crippen LogP contribution in [0.25, 0.3) is 6.08 Å². The second kappa shape index (κ2) is 5.21. The van der Waals surface area contributed by atoms with Crippen molar-refractivity contribution in [3.05, 3.63) is 66.2 Å². The van der Waals surface area contributed by atoms with E-state index < -0.39 is 0 Å². The number of hydrogen-bond acceptors (Lipinski definition) is 2. The molecule has 2 heteroatoms. The van der Waals surface area contributed by atoms with E-state index in [1.165, 1.54) is 0 Å². The normalized spacial score (nSPS) is 9.88. The van der Waals surface area contributed by atoms with Crippen molar-refractivity contribution < 1.29 is 4.74 Å². The molecule has 0 amide bonds. The van der Waals surface area contributed by atoms with E-state index in [1.807, 2.05) is 48.5 Å². The molecule has 2 rings (SSSR count). The highest BCUT2D eigenvalue weighted by Crippen LogP contribution is 2.24. The summed E-state index contributed by atoms with van der Waals surface area (Å²) < 4.78 is 5.69. The summed E-state index contributed by atoms with van der Waals surface area (Å²) in [6.45, 7) is 4.24. The fraction of sp³-hybridized carbons (Fsp3) is 0.0667. The van der Waals surface area contributed by atoms with Gasteiger partial charge in [0.15, 0.2) is 0 Å². The number of rotatable bonds is 4. The average molecular weight is 225 g/mol. The molecule has 86 valence electrons. The molecule has 0 unspecified atom stereocenters. The van der Waals surface area contributed by atoms with Crippen LogP contribution in [0.5, 0.6) is 5.75 Å². The fourth-order valence-electron chi connectivity index (χ4n) is 1.54. The van der Waals surface area contributed by atoms with Gasteiger partial charge in [0.1, 0.15) is 12.4 Å². The maximum absolute atomic E-state index is 5.85. The average Bonchev–Trinajstić information content (AvgIpc) is 2.39. The van der Waals surface area contributed by atoms with Gasteiger partial charge < -0.3 is 10.5 Å². The first-order valence-electron chi connectivity index (χ1n) is 5.48. The zero-order chi connectivity index (χ0) is 12.1. The Bertz CT molecular complexity index is 506. The molecule has 0 atom stereocenters. The third-order valence-corrected chi connectivity index (χ3v) is 2.51. The molecule has 0 aliphatic rings. The lowest BCUT2D eigenvalue weighted by atomic mass is 10.2. The largest absolute Gasteiger partial charge is 0.487 e. The second-order valence-corrected chi connectivity index (χ2v) is 3.78. The van der Waals surface area contributed by atoms with E-state index in [2.05, 4.69) is 6.58 Å². The lowest BCUT2D eigenvalue weighted by Gasteiger charge is -2.09. The Kier molecular flexibility index (Phi) is 3.46. The Morgan fingerprint density at radius 3 is 2.59 bits per heavy atom. The summed E-state index contributed by atoms with van der Waals surface area (Å²) in [4.78, 5) is 0. The quantitative estimate of drug-likeness (QED) is 0.808. The summed E-state index contributed by atoms with van der Waals surface area (Å²) in [6, 6.07) is 15.6. The van der Waals surface area contributed by atoms with Crippen LogP contribution in [0.3, 0.4) is 0 Å². The molecule has 17 heavy (non-hydrogen) atoms. The molecule has 0 bridgehead atoms. The summed E-state index contributed by atoms with van der Waals surface area (Å²) in [5.41, 5.74) is 8.62. The van der Waals surface area contributed by atoms with Crippen LogP contribution < -0.4 is 10.5 Å². The first-order valence-corrected chi connectivity index (χ1v) is 5.48. The first kappa shape index (κ1) is 11.3. The van der Waals surface area contributed by atoms with Gasteiger partial charge in [0.2, 0.25) is 0 Å². The molecule has 0 spiro atoms. The summed E-state index contributed by atoms with van der Waals surface area (Å²) in [7, 11) is 0. The fourth-order valence-corrected chi connectivity index (χ4v) is 1.54. The minimum atomic E-state index is 0.519. The molecule has 0 heterocycles. The zero-order valence-corrected chi connectivity index (χ0v) is 9.60. The number of anilines is 1. The van der Waals surface area contributed by atoms with E-state index in [4.69, 9.17) is 10.5 Å². The Morgan fingerprint density at radius 2 is 1.88 bits per heavy atom. The van der Waals surface area contributed by atoms with Crippen molar-refractivity contribution in [2.45, 2.75) is 6.61 Å². The van der Waals surface area contributed by atoms with E-state index in [-0.39, 0.29) is 0 Å². The summed E-state index contributed by atoms with van der Waals surface area (Å²) in [6.07, 6.45) is 1.77. The predicted molar refractivity (Wildman–Crippen MR) is 71.7 cm³/mol. The molecule has 2 aromatic rings. The molecule has 0 fully saturated rings. The van der Waals surface area contributed by atoms with E-state index in [9.17, 15) is 0 Å². The number of nitrogen functional groups attached to an aromatic ring is 1. The molecule has 0 radical (unpaired) electrons. The number of benzene rings is 2. The summed E-state index contributed by atoms with van der Waals surface area (Å²) in [5.74, 6) is 0.700. The predicted octanol–water partition coefficient (Wildman–Crippen LogP) is 3.49. The van der Waals surface area contributed by atoms with Crippen LogP contribution >= 0.6 is 0 Å². The van der Waals surface area contributed by atoms with Crippen LogP contribution in [0.1, 0.15) is 11.1 Å². The zero-order valence-electron chi connectivity index (χ0n) is 9.60. The maximum atomic E-state index is 5.85. The molecule has 0 aliphatic heterocycles. The van der Waals surface area contributed by atoms with Gasteiger partial charge >= 0.3 is 0 Å². The SMILES string of the molecule is C=Cc1ccc(N)c(OCc2ccccc2)c1. The van der Waals surface area contributed by atoms with Crippen LogP contribution in [0.15, 0.2) is 55.1 Å². The lowest BCUT2D eigenvalue weighted by molar-refractivity contribution is 0.308. The number of nitrogens with two attached hydrogens (primary N) is 1. The Balaban J connectivity index is 2.11. The third kappa shape index (κ3) is 2.88. The molecule has 0 aromatic heterocycles. The van der Waals surface area contributed by atoms with E-state index in [1.54, 1.807) is 6.08 Å². The highest BCUT2D eigenvalue weighted by atomic mass is 16.5. The van der Waals surface area contributed by atoms with Gasteiger partial charge in [-0.15, -0.1) is 0 Å². The van der Waals surface area contributed by atoms with Crippen LogP contribution in [-0.4, -0.2) is 0 Å². The molecule has 2 nitrogen and oxygen atoms in total. The highest BCUT2D eigenvalue weighted by Gasteiger charge is 2.01. The van der Waals surface area contributed by atoms with Crippen LogP contribution in [-0.2, 0) is 6.61 Å². The van der Waals surface area contributed by atoms with Crippen molar-refractivity contribution in [1.82, 2.24) is 0 Å². The van der Waals surface area contributed by atoms with Crippen LogP contribution in [0, 0.1) is 0 Å². The van der Waals surface area contributed by atoms with Gasteiger partial charge in [-0.2, -0.15) is 0 Å². The maximum Gasteiger partial charge on any atom is 0.143 e. The smallest absolute Gasteiger partial charge is 0.143 e. The Morgan fingerprint density at radius 1 is 1.12 bits per heavy atom. The van der Waals surface area contributed by atoms with Crippen molar-refractivity contribution in [2.75, 3.05) is 5.73 Å². The summed E-state index contributed by atoms with van der Waals surface area (Å²) >= 11 is 0. The minimum Gasteiger partial charge on any atom is -0.487 e. The monoisotopic (exact) mass is 225 g/mol. The van der Waals surface area contributed by atoms with E-state index >= 15 is 0 Å². The molecule has 2 N–H and O–H groups in total. The second-order valence-electron chi connectivity index (χ2n) is 3.78. The molecular formula is C15H15NO. The molecule has 0 saturated heterocycles. The molecular weight excluding hydrogens is 210 g/mol. The van der Waals surface area contributed by atoms with Gasteiger partial charge in [0.25, 0.3) is 0 Å². The minimum absolute atomic E-state index is 0.519. The molecule has 2 aromatic carbocycles. The van der Waals surface area contributed by atoms with E-state index in [0.29, 0.717) is 18.0 Å². The van der Waals surface area contributed by atoms with Crippen LogP contribution in [0.4, 0.5) is 5.69 Å². The first-order chi connectivity index (χ1) is 8.29. The molecule has 0 aliphatic carbocycles. The third-order valence-electron chi connectivity index (χ3n) is 2.51. The Hall–Kier alpha value is -2.22. The van der Waals surface area contributed by atoms with Gasteiger partial charge in [0.05, 0.1) is 5.69 Å². The topological polar surface area (TPSA) is 35.2 Å². The lowest BCUT2D eigenvalue weighted by Crippen LogP contribution is -1.98. The van der Waals surface area contributed by atoms with Crippen molar-refractivity contribution in [2.24, 2.45) is 0 Å². The Labute approximate surface area is 101 Å². The van der Waals surface area contributed by atoms with E-state index in [0.717, 1.165) is 11.1 Å². The van der Waals surface area contributed by atoms with Crippen LogP contribution in [0.2, 0.25) is 0 Å². The summed E-state index contributed by atoms with van der Waals surface area (Å²) in [5, 5.41) is 0. The van der Waals surface area contributed by atoms with Crippen molar-refractivity contribution >= 4 is 11.8 Å². The van der Waals surface area contributed by atoms with Gasteiger partial charge in [-0.05, 0) is 23.3 Å². The van der Waals surface area contributed by atoms with Gasteiger partial charge in [-0.3, -0.25) is 0 Å². The van der Waals surface area contributed by atoms with Gasteiger partial charge in [0, 0.05) is 0 Å². The highest BCUT2D eigenvalue weighted by molar-refractivity contribution is 5.60. The number of ether oxygens (including phenoxy) is 1. The van der Waals surface area contributed by atoms with Crippen molar-refractivity contribution in [3.63, 3.8) is 0 Å². The molecule has 0 saturated carbocycles.